The lowest BCUT2D eigenvalue weighted by Gasteiger charge is -2.11. The fourth-order valence-electron chi connectivity index (χ4n) is 2.55. The molecule has 3 aromatic rings. The molecule has 0 unspecified atom stereocenters. The summed E-state index contributed by atoms with van der Waals surface area (Å²) in [5, 5.41) is 0. The summed E-state index contributed by atoms with van der Waals surface area (Å²) in [6.07, 6.45) is 5.33. The molecule has 0 saturated carbocycles. The van der Waals surface area contributed by atoms with E-state index in [0.717, 1.165) is 21.2 Å². The zero-order chi connectivity index (χ0) is 19.6. The van der Waals surface area contributed by atoms with E-state index in [2.05, 4.69) is 4.98 Å². The second-order valence-corrected chi connectivity index (χ2v) is 7.59. The van der Waals surface area contributed by atoms with E-state index in [9.17, 15) is 9.59 Å². The van der Waals surface area contributed by atoms with Crippen LogP contribution < -0.4 is 4.74 Å². The highest BCUT2D eigenvalue weighted by Crippen LogP contribution is 2.22. The van der Waals surface area contributed by atoms with Gasteiger partial charge >= 0.3 is 0 Å². The Morgan fingerprint density at radius 1 is 1.30 bits per heavy atom. The number of carbonyl (C=O) groups is 2. The quantitative estimate of drug-likeness (QED) is 0.484. The maximum absolute atomic E-state index is 12.5. The predicted octanol–water partition coefficient (Wildman–Crippen LogP) is 3.38. The van der Waals surface area contributed by atoms with Crippen molar-refractivity contribution >= 4 is 34.1 Å². The largest absolute Gasteiger partial charge is 0.484 e. The van der Waals surface area contributed by atoms with Gasteiger partial charge in [-0.05, 0) is 38.1 Å². The number of allylic oxidation sites excluding steroid dienone is 1. The number of thiazole rings is 1. The molecule has 0 aliphatic carbocycles. The second kappa shape index (κ2) is 7.75. The van der Waals surface area contributed by atoms with E-state index in [-0.39, 0.29) is 18.3 Å². The molecule has 140 valence electrons. The number of hydrogen-bond donors (Lipinski definition) is 0. The molecule has 0 radical (unpaired) electrons. The van der Waals surface area contributed by atoms with Crippen molar-refractivity contribution in [3.63, 3.8) is 0 Å². The number of likely N-dealkylation sites (N-methyl/N-ethyl adjacent to an activating group) is 1. The zero-order valence-electron chi connectivity index (χ0n) is 15.7. The van der Waals surface area contributed by atoms with E-state index in [1.165, 1.54) is 11.0 Å². The predicted molar refractivity (Wildman–Crippen MR) is 107 cm³/mol. The molecule has 27 heavy (non-hydrogen) atoms. The first-order chi connectivity index (χ1) is 12.8. The Labute approximate surface area is 161 Å². The number of imidazole rings is 1. The summed E-state index contributed by atoms with van der Waals surface area (Å²) in [4.78, 5) is 32.2. The van der Waals surface area contributed by atoms with Crippen molar-refractivity contribution in [1.29, 1.82) is 0 Å². The molecule has 0 bridgehead atoms. The molecule has 0 N–H and O–H groups in total. The maximum atomic E-state index is 12.5. The monoisotopic (exact) mass is 383 g/mol. The number of carbonyl (C=O) groups excluding carboxylic acids is 2. The number of aromatic nitrogens is 2. The van der Waals surface area contributed by atoms with Crippen LogP contribution in [0.2, 0.25) is 0 Å². The van der Waals surface area contributed by atoms with Gasteiger partial charge in [0.1, 0.15) is 5.75 Å². The summed E-state index contributed by atoms with van der Waals surface area (Å²) in [7, 11) is 3.33. The minimum Gasteiger partial charge on any atom is -0.484 e. The number of amides is 1. The number of ketones is 1. The van der Waals surface area contributed by atoms with Crippen LogP contribution in [0.1, 0.15) is 26.6 Å². The van der Waals surface area contributed by atoms with Crippen LogP contribution in [0.3, 0.4) is 0 Å². The molecule has 2 aromatic heterocycles. The van der Waals surface area contributed by atoms with Gasteiger partial charge in [0.2, 0.25) is 0 Å². The average Bonchev–Trinajstić information content (AvgIpc) is 3.12. The van der Waals surface area contributed by atoms with Gasteiger partial charge in [0.25, 0.3) is 5.91 Å². The van der Waals surface area contributed by atoms with Crippen LogP contribution in [0.5, 0.6) is 5.75 Å². The topological polar surface area (TPSA) is 63.9 Å². The Bertz CT molecular complexity index is 1030. The molecule has 0 fully saturated rings. The highest BCUT2D eigenvalue weighted by atomic mass is 32.1. The molecule has 1 amide bonds. The molecular weight excluding hydrogens is 362 g/mol. The van der Waals surface area contributed by atoms with Gasteiger partial charge in [-0.3, -0.25) is 14.0 Å². The number of nitrogens with zero attached hydrogens (tertiary/aromatic N) is 3. The van der Waals surface area contributed by atoms with Gasteiger partial charge in [0.05, 0.1) is 11.4 Å². The Morgan fingerprint density at radius 3 is 2.81 bits per heavy atom. The van der Waals surface area contributed by atoms with Crippen molar-refractivity contribution in [1.82, 2.24) is 14.3 Å². The number of rotatable bonds is 6. The van der Waals surface area contributed by atoms with Gasteiger partial charge in [0, 0.05) is 30.7 Å². The molecule has 2 heterocycles. The van der Waals surface area contributed by atoms with Crippen LogP contribution in [-0.2, 0) is 4.79 Å². The summed E-state index contributed by atoms with van der Waals surface area (Å²) >= 11 is 1.61. The van der Waals surface area contributed by atoms with Crippen LogP contribution in [0.25, 0.3) is 11.0 Å². The van der Waals surface area contributed by atoms with Gasteiger partial charge in [-0.15, -0.1) is 11.3 Å². The Balaban J connectivity index is 1.75. The molecule has 0 atom stereocenters. The van der Waals surface area contributed by atoms with Gasteiger partial charge in [-0.2, -0.15) is 0 Å². The van der Waals surface area contributed by atoms with Crippen molar-refractivity contribution in [2.75, 3.05) is 20.7 Å². The molecule has 0 aliphatic heterocycles. The molecular formula is C20H21N3O3S. The van der Waals surface area contributed by atoms with Crippen LogP contribution in [-0.4, -0.2) is 46.7 Å². The lowest BCUT2D eigenvalue weighted by atomic mass is 10.1. The Hall–Kier alpha value is -2.93. The third kappa shape index (κ3) is 4.25. The number of hydrogen-bond acceptors (Lipinski definition) is 5. The first-order valence-electron chi connectivity index (χ1n) is 8.45. The van der Waals surface area contributed by atoms with Crippen molar-refractivity contribution < 1.29 is 14.3 Å². The highest BCUT2D eigenvalue weighted by Gasteiger charge is 2.10. The van der Waals surface area contributed by atoms with Gasteiger partial charge in [-0.25, -0.2) is 4.98 Å². The fourth-order valence-corrected chi connectivity index (χ4v) is 3.42. The van der Waals surface area contributed by atoms with E-state index < -0.39 is 0 Å². The van der Waals surface area contributed by atoms with Gasteiger partial charge < -0.3 is 9.64 Å². The summed E-state index contributed by atoms with van der Waals surface area (Å²) in [6.45, 7) is 3.89. The van der Waals surface area contributed by atoms with Crippen LogP contribution in [0.4, 0.5) is 0 Å². The highest BCUT2D eigenvalue weighted by molar-refractivity contribution is 7.17. The second-order valence-electron chi connectivity index (χ2n) is 6.38. The van der Waals surface area contributed by atoms with Crippen LogP contribution in [0.15, 0.2) is 36.5 Å². The normalized spacial score (nSPS) is 11.3. The average molecular weight is 383 g/mol. The Morgan fingerprint density at radius 2 is 2.07 bits per heavy atom. The van der Waals surface area contributed by atoms with Crippen molar-refractivity contribution in [2.45, 2.75) is 13.8 Å². The molecule has 0 spiro atoms. The van der Waals surface area contributed by atoms with E-state index in [0.29, 0.717) is 11.3 Å². The Kier molecular flexibility index (Phi) is 5.41. The van der Waals surface area contributed by atoms with Crippen molar-refractivity contribution in [3.05, 3.63) is 58.4 Å². The smallest absolute Gasteiger partial charge is 0.259 e. The van der Waals surface area contributed by atoms with Gasteiger partial charge in [0.15, 0.2) is 17.4 Å². The molecule has 7 heteroatoms. The minimum absolute atomic E-state index is 0.0645. The van der Waals surface area contributed by atoms with E-state index in [1.807, 2.05) is 24.4 Å². The van der Waals surface area contributed by atoms with Gasteiger partial charge in [-0.1, -0.05) is 12.1 Å². The molecule has 0 saturated heterocycles. The first-order valence-corrected chi connectivity index (χ1v) is 9.27. The summed E-state index contributed by atoms with van der Waals surface area (Å²) in [5.74, 6) is 0.208. The van der Waals surface area contributed by atoms with E-state index >= 15 is 0 Å². The van der Waals surface area contributed by atoms with Crippen LogP contribution in [0, 0.1) is 13.8 Å². The lowest BCUT2D eigenvalue weighted by Crippen LogP contribution is -2.27. The standard InChI is InChI=1S/C20H21N3O3S/c1-13-11-23-17(14(2)21-20(23)27-13)8-9-18(24)15-6-5-7-16(10-15)26-12-19(25)22(3)4/h5-11H,12H2,1-4H3. The maximum Gasteiger partial charge on any atom is 0.259 e. The fraction of sp³-hybridized carbons (Fsp3) is 0.250. The van der Waals surface area contributed by atoms with Crippen LogP contribution >= 0.6 is 11.3 Å². The molecule has 3 rings (SSSR count). The minimum atomic E-state index is -0.141. The third-order valence-electron chi connectivity index (χ3n) is 4.04. The molecule has 6 nitrogen and oxygen atoms in total. The number of ether oxygens (including phenoxy) is 1. The van der Waals surface area contributed by atoms with Crippen molar-refractivity contribution in [3.8, 4) is 5.75 Å². The first kappa shape index (κ1) is 18.8. The lowest BCUT2D eigenvalue weighted by molar-refractivity contribution is -0.130. The number of fused-ring (bicyclic) bond motifs is 1. The van der Waals surface area contributed by atoms with E-state index in [4.69, 9.17) is 4.74 Å². The van der Waals surface area contributed by atoms with E-state index in [1.54, 1.807) is 55.8 Å². The third-order valence-corrected chi connectivity index (χ3v) is 4.93. The number of aryl methyl sites for hydroxylation is 2. The summed E-state index contributed by atoms with van der Waals surface area (Å²) < 4.78 is 7.46. The summed E-state index contributed by atoms with van der Waals surface area (Å²) in [6, 6.07) is 6.83. The molecule has 1 aromatic carbocycles. The number of benzene rings is 1. The van der Waals surface area contributed by atoms with Crippen molar-refractivity contribution in [2.24, 2.45) is 0 Å². The summed E-state index contributed by atoms with van der Waals surface area (Å²) in [5.41, 5.74) is 2.28. The SMILES string of the molecule is Cc1cn2c(C=CC(=O)c3cccc(OCC(=O)N(C)C)c3)c(C)nc2s1. The molecule has 0 aliphatic rings. The zero-order valence-corrected chi connectivity index (χ0v) is 16.5.